The highest BCUT2D eigenvalue weighted by Gasteiger charge is 2.30. The molecule has 0 aromatic heterocycles. The number of ether oxygens (including phenoxy) is 1. The van der Waals surface area contributed by atoms with Crippen LogP contribution in [0.3, 0.4) is 0 Å². The largest absolute Gasteiger partial charge is 0.494 e. The van der Waals surface area contributed by atoms with Gasteiger partial charge in [0.25, 0.3) is 0 Å². The van der Waals surface area contributed by atoms with Crippen LogP contribution in [0.15, 0.2) is 30.3 Å². The number of benzene rings is 1. The Morgan fingerprint density at radius 3 is 2.44 bits per heavy atom. The first-order valence-electron chi connectivity index (χ1n) is 7.13. The minimum atomic E-state index is 0.193. The summed E-state index contributed by atoms with van der Waals surface area (Å²) >= 11 is 0. The first-order chi connectivity index (χ1) is 8.85. The Balaban J connectivity index is 1.71. The van der Waals surface area contributed by atoms with E-state index in [0.29, 0.717) is 6.61 Å². The van der Waals surface area contributed by atoms with Crippen LogP contribution >= 0.6 is 0 Å². The number of aliphatic hydroxyl groups excluding tert-OH is 1. The van der Waals surface area contributed by atoms with Crippen LogP contribution in [0, 0.1) is 5.41 Å². The normalized spacial score (nSPS) is 18.5. The van der Waals surface area contributed by atoms with Crippen molar-refractivity contribution in [3.8, 4) is 5.75 Å². The summed E-state index contributed by atoms with van der Waals surface area (Å²) in [6.45, 7) is 1.10. The van der Waals surface area contributed by atoms with E-state index >= 15 is 0 Å². The van der Waals surface area contributed by atoms with E-state index in [-0.39, 0.29) is 5.41 Å². The van der Waals surface area contributed by atoms with Crippen molar-refractivity contribution in [3.05, 3.63) is 30.3 Å². The fourth-order valence-corrected chi connectivity index (χ4v) is 2.94. The second-order valence-corrected chi connectivity index (χ2v) is 5.48. The quantitative estimate of drug-likeness (QED) is 0.776. The lowest BCUT2D eigenvalue weighted by atomic mass is 9.72. The van der Waals surface area contributed by atoms with E-state index in [4.69, 9.17) is 4.74 Å². The third-order valence-electron chi connectivity index (χ3n) is 4.11. The lowest BCUT2D eigenvalue weighted by Crippen LogP contribution is -2.28. The van der Waals surface area contributed by atoms with Crippen LogP contribution in [0.1, 0.15) is 44.9 Å². The third-order valence-corrected chi connectivity index (χ3v) is 4.11. The van der Waals surface area contributed by atoms with Gasteiger partial charge in [0.05, 0.1) is 6.61 Å². The second kappa shape index (κ2) is 6.79. The zero-order valence-electron chi connectivity index (χ0n) is 11.1. The molecule has 0 unspecified atom stereocenters. The van der Waals surface area contributed by atoms with Crippen molar-refractivity contribution in [2.45, 2.75) is 44.9 Å². The van der Waals surface area contributed by atoms with Crippen molar-refractivity contribution in [2.24, 2.45) is 5.41 Å². The topological polar surface area (TPSA) is 29.5 Å². The smallest absolute Gasteiger partial charge is 0.119 e. The van der Waals surface area contributed by atoms with Gasteiger partial charge in [-0.2, -0.15) is 0 Å². The fourth-order valence-electron chi connectivity index (χ4n) is 2.94. The molecule has 1 aliphatic rings. The second-order valence-electron chi connectivity index (χ2n) is 5.48. The summed E-state index contributed by atoms with van der Waals surface area (Å²) in [5.74, 6) is 0.944. The number of para-hydroxylation sites is 1. The average Bonchev–Trinajstić information content (AvgIpc) is 2.46. The highest BCUT2D eigenvalue weighted by atomic mass is 16.5. The van der Waals surface area contributed by atoms with Gasteiger partial charge in [-0.3, -0.25) is 0 Å². The van der Waals surface area contributed by atoms with E-state index in [0.717, 1.165) is 25.2 Å². The Labute approximate surface area is 110 Å². The molecule has 2 nitrogen and oxygen atoms in total. The third kappa shape index (κ3) is 3.74. The molecule has 2 heteroatoms. The van der Waals surface area contributed by atoms with Gasteiger partial charge in [0.2, 0.25) is 0 Å². The zero-order valence-corrected chi connectivity index (χ0v) is 11.1. The van der Waals surface area contributed by atoms with Crippen molar-refractivity contribution in [3.63, 3.8) is 0 Å². The highest BCUT2D eigenvalue weighted by molar-refractivity contribution is 5.20. The monoisotopic (exact) mass is 248 g/mol. The molecule has 0 saturated heterocycles. The summed E-state index contributed by atoms with van der Waals surface area (Å²) in [5, 5.41) is 9.62. The lowest BCUT2D eigenvalue weighted by Gasteiger charge is -2.35. The minimum Gasteiger partial charge on any atom is -0.494 e. The van der Waals surface area contributed by atoms with Gasteiger partial charge in [-0.1, -0.05) is 37.5 Å². The SMILES string of the molecule is OCC1(CCCOc2ccccc2)CCCCC1. The summed E-state index contributed by atoms with van der Waals surface area (Å²) < 4.78 is 5.70. The molecular formula is C16H24O2. The number of rotatable bonds is 6. The van der Waals surface area contributed by atoms with Crippen LogP contribution in [0.4, 0.5) is 0 Å². The van der Waals surface area contributed by atoms with Gasteiger partial charge in [-0.15, -0.1) is 0 Å². The first kappa shape index (κ1) is 13.4. The predicted octanol–water partition coefficient (Wildman–Crippen LogP) is 3.79. The van der Waals surface area contributed by atoms with Gasteiger partial charge < -0.3 is 9.84 Å². The molecule has 100 valence electrons. The highest BCUT2D eigenvalue weighted by Crippen LogP contribution is 2.39. The summed E-state index contributed by atoms with van der Waals surface area (Å²) in [7, 11) is 0. The summed E-state index contributed by atoms with van der Waals surface area (Å²) in [4.78, 5) is 0. The number of hydrogen-bond acceptors (Lipinski definition) is 2. The van der Waals surface area contributed by atoms with E-state index in [1.54, 1.807) is 0 Å². The maximum atomic E-state index is 9.62. The molecule has 0 amide bonds. The van der Waals surface area contributed by atoms with E-state index in [2.05, 4.69) is 0 Å². The minimum absolute atomic E-state index is 0.193. The van der Waals surface area contributed by atoms with E-state index in [1.807, 2.05) is 30.3 Å². The molecule has 18 heavy (non-hydrogen) atoms. The van der Waals surface area contributed by atoms with Gasteiger partial charge in [-0.25, -0.2) is 0 Å². The fraction of sp³-hybridized carbons (Fsp3) is 0.625. The Morgan fingerprint density at radius 1 is 1.06 bits per heavy atom. The summed E-state index contributed by atoms with van der Waals surface area (Å²) in [5.41, 5.74) is 0.193. The molecule has 1 fully saturated rings. The van der Waals surface area contributed by atoms with Crippen molar-refractivity contribution in [1.82, 2.24) is 0 Å². The Bertz CT molecular complexity index is 328. The molecule has 0 spiro atoms. The first-order valence-corrected chi connectivity index (χ1v) is 7.13. The summed E-state index contributed by atoms with van der Waals surface area (Å²) in [6, 6.07) is 9.96. The molecule has 1 N–H and O–H groups in total. The van der Waals surface area contributed by atoms with Gasteiger partial charge in [0.1, 0.15) is 5.75 Å². The average molecular weight is 248 g/mol. The Hall–Kier alpha value is -1.02. The van der Waals surface area contributed by atoms with Gasteiger partial charge >= 0.3 is 0 Å². The molecule has 0 bridgehead atoms. The van der Waals surface area contributed by atoms with Crippen molar-refractivity contribution >= 4 is 0 Å². The molecular weight excluding hydrogens is 224 g/mol. The van der Waals surface area contributed by atoms with Crippen LogP contribution in [-0.4, -0.2) is 18.3 Å². The van der Waals surface area contributed by atoms with Crippen LogP contribution < -0.4 is 4.74 Å². The molecule has 1 aliphatic carbocycles. The predicted molar refractivity (Wildman–Crippen MR) is 73.8 cm³/mol. The molecule has 0 heterocycles. The van der Waals surface area contributed by atoms with Crippen molar-refractivity contribution in [1.29, 1.82) is 0 Å². The van der Waals surface area contributed by atoms with Gasteiger partial charge in [0, 0.05) is 6.61 Å². The maximum absolute atomic E-state index is 9.62. The standard InChI is InChI=1S/C16H24O2/c17-14-16(10-5-2-6-11-16)12-7-13-18-15-8-3-1-4-9-15/h1,3-4,8-9,17H,2,5-7,10-14H2. The molecule has 1 aromatic rings. The van der Waals surface area contributed by atoms with Crippen LogP contribution in [0.25, 0.3) is 0 Å². The molecule has 0 radical (unpaired) electrons. The van der Waals surface area contributed by atoms with Crippen molar-refractivity contribution in [2.75, 3.05) is 13.2 Å². The Kier molecular flexibility index (Phi) is 5.06. The molecule has 1 aromatic carbocycles. The van der Waals surface area contributed by atoms with E-state index < -0.39 is 0 Å². The molecule has 0 aliphatic heterocycles. The lowest BCUT2D eigenvalue weighted by molar-refractivity contribution is 0.0671. The summed E-state index contributed by atoms with van der Waals surface area (Å²) in [6.07, 6.45) is 8.40. The van der Waals surface area contributed by atoms with Gasteiger partial charge in [0.15, 0.2) is 0 Å². The molecule has 2 rings (SSSR count). The van der Waals surface area contributed by atoms with Crippen molar-refractivity contribution < 1.29 is 9.84 Å². The van der Waals surface area contributed by atoms with E-state index in [1.165, 1.54) is 32.1 Å². The molecule has 1 saturated carbocycles. The number of aliphatic hydroxyl groups is 1. The molecule has 0 atom stereocenters. The zero-order chi connectivity index (χ0) is 12.7. The van der Waals surface area contributed by atoms with E-state index in [9.17, 15) is 5.11 Å². The maximum Gasteiger partial charge on any atom is 0.119 e. The Morgan fingerprint density at radius 2 is 1.78 bits per heavy atom. The van der Waals surface area contributed by atoms with Crippen LogP contribution in [0.2, 0.25) is 0 Å². The number of hydrogen-bond donors (Lipinski definition) is 1. The van der Waals surface area contributed by atoms with Gasteiger partial charge in [-0.05, 0) is 43.2 Å². The van der Waals surface area contributed by atoms with Crippen LogP contribution in [0.5, 0.6) is 5.75 Å². The van der Waals surface area contributed by atoms with Crippen LogP contribution in [-0.2, 0) is 0 Å².